The molecule has 1 saturated heterocycles. The van der Waals surface area contributed by atoms with Crippen LogP contribution in [0.15, 0.2) is 6.07 Å². The Bertz CT molecular complexity index is 505. The molecule has 1 N–H and O–H groups in total. The number of nitrogens with one attached hydrogen (secondary N) is 1. The molecule has 1 aromatic heterocycles. The minimum atomic E-state index is 0.651. The Morgan fingerprint density at radius 1 is 1.29 bits per heavy atom. The Morgan fingerprint density at radius 2 is 2.05 bits per heavy atom. The van der Waals surface area contributed by atoms with Crippen molar-refractivity contribution in [3.8, 4) is 0 Å². The van der Waals surface area contributed by atoms with Gasteiger partial charge in [-0.2, -0.15) is 0 Å². The van der Waals surface area contributed by atoms with Gasteiger partial charge in [0.05, 0.1) is 0 Å². The molecular formula is C18H29N3. The van der Waals surface area contributed by atoms with Gasteiger partial charge in [0.2, 0.25) is 0 Å². The van der Waals surface area contributed by atoms with Gasteiger partial charge in [-0.1, -0.05) is 13.8 Å². The normalized spacial score (nSPS) is 22.3. The highest BCUT2D eigenvalue weighted by atomic mass is 15.2. The van der Waals surface area contributed by atoms with Gasteiger partial charge in [0, 0.05) is 36.4 Å². The number of pyridine rings is 1. The summed E-state index contributed by atoms with van der Waals surface area (Å²) in [6, 6.07) is 3.63. The lowest BCUT2D eigenvalue weighted by Gasteiger charge is -2.31. The van der Waals surface area contributed by atoms with E-state index in [1.807, 2.05) is 0 Å². The lowest BCUT2D eigenvalue weighted by Crippen LogP contribution is -2.35. The van der Waals surface area contributed by atoms with E-state index in [4.69, 9.17) is 4.98 Å². The Balaban J connectivity index is 1.90. The van der Waals surface area contributed by atoms with Crippen LogP contribution in [-0.2, 0) is 6.54 Å². The summed E-state index contributed by atoms with van der Waals surface area (Å²) in [4.78, 5) is 7.51. The Kier molecular flexibility index (Phi) is 4.21. The molecule has 2 aliphatic rings. The number of hydrogen-bond acceptors (Lipinski definition) is 3. The topological polar surface area (TPSA) is 28.2 Å². The molecule has 3 rings (SSSR count). The Hall–Kier alpha value is -1.09. The molecule has 1 aliphatic heterocycles. The van der Waals surface area contributed by atoms with Crippen LogP contribution in [0.1, 0.15) is 56.4 Å². The minimum absolute atomic E-state index is 0.651. The number of nitrogens with zero attached hydrogens (tertiary/aromatic N) is 2. The molecule has 1 aromatic rings. The quantitative estimate of drug-likeness (QED) is 0.897. The molecule has 2 heterocycles. The van der Waals surface area contributed by atoms with E-state index >= 15 is 0 Å². The van der Waals surface area contributed by atoms with E-state index in [2.05, 4.69) is 44.0 Å². The van der Waals surface area contributed by atoms with Crippen molar-refractivity contribution in [2.45, 2.75) is 72.0 Å². The zero-order valence-corrected chi connectivity index (χ0v) is 13.9. The van der Waals surface area contributed by atoms with Crippen LogP contribution in [0.3, 0.4) is 0 Å². The fourth-order valence-electron chi connectivity index (χ4n) is 3.58. The van der Waals surface area contributed by atoms with Crippen LogP contribution >= 0.6 is 0 Å². The highest BCUT2D eigenvalue weighted by Gasteiger charge is 2.30. The molecule has 0 radical (unpaired) electrons. The van der Waals surface area contributed by atoms with Crippen LogP contribution in [-0.4, -0.2) is 23.6 Å². The summed E-state index contributed by atoms with van der Waals surface area (Å²) in [5.74, 6) is 1.94. The fraction of sp³-hybridized carbons (Fsp3) is 0.722. The summed E-state index contributed by atoms with van der Waals surface area (Å²) in [6.07, 6.45) is 5.28. The molecule has 1 aliphatic carbocycles. The standard InChI is InChI=1S/C18H29N3/c1-12(2)17-6-5-9-21(17)18-16(11-19-15-7-8-15)13(3)10-14(4)20-18/h10,12,15,17,19H,5-9,11H2,1-4H3. The van der Waals surface area contributed by atoms with Gasteiger partial charge in [-0.05, 0) is 57.1 Å². The molecule has 3 nitrogen and oxygen atoms in total. The molecule has 1 atom stereocenters. The molecule has 1 saturated carbocycles. The van der Waals surface area contributed by atoms with E-state index in [1.54, 1.807) is 0 Å². The number of aryl methyl sites for hydroxylation is 2. The predicted molar refractivity (Wildman–Crippen MR) is 88.8 cm³/mol. The lowest BCUT2D eigenvalue weighted by molar-refractivity contribution is 0.488. The van der Waals surface area contributed by atoms with Gasteiger partial charge in [0.25, 0.3) is 0 Å². The predicted octanol–water partition coefficient (Wildman–Crippen LogP) is 3.58. The molecular weight excluding hydrogens is 258 g/mol. The van der Waals surface area contributed by atoms with Crippen molar-refractivity contribution >= 4 is 5.82 Å². The van der Waals surface area contributed by atoms with Crippen molar-refractivity contribution in [1.82, 2.24) is 10.3 Å². The first-order valence-corrected chi connectivity index (χ1v) is 8.53. The zero-order valence-electron chi connectivity index (χ0n) is 13.9. The summed E-state index contributed by atoms with van der Waals surface area (Å²) in [7, 11) is 0. The summed E-state index contributed by atoms with van der Waals surface area (Å²) in [6.45, 7) is 11.2. The zero-order chi connectivity index (χ0) is 15.0. The Morgan fingerprint density at radius 3 is 2.71 bits per heavy atom. The van der Waals surface area contributed by atoms with E-state index in [0.717, 1.165) is 24.8 Å². The SMILES string of the molecule is Cc1cc(C)c(CNC2CC2)c(N2CCCC2C(C)C)n1. The second-order valence-corrected chi connectivity index (χ2v) is 7.18. The van der Waals surface area contributed by atoms with Gasteiger partial charge in [-0.15, -0.1) is 0 Å². The van der Waals surface area contributed by atoms with Crippen LogP contribution in [0.5, 0.6) is 0 Å². The second-order valence-electron chi connectivity index (χ2n) is 7.18. The molecule has 2 fully saturated rings. The van der Waals surface area contributed by atoms with E-state index in [0.29, 0.717) is 12.0 Å². The van der Waals surface area contributed by atoms with Gasteiger partial charge in [-0.25, -0.2) is 4.98 Å². The van der Waals surface area contributed by atoms with Crippen LogP contribution in [0.4, 0.5) is 5.82 Å². The van der Waals surface area contributed by atoms with Crippen molar-refractivity contribution in [3.63, 3.8) is 0 Å². The molecule has 0 amide bonds. The average molecular weight is 287 g/mol. The highest BCUT2D eigenvalue weighted by molar-refractivity contribution is 5.53. The summed E-state index contributed by atoms with van der Waals surface area (Å²) >= 11 is 0. The van der Waals surface area contributed by atoms with Crippen molar-refractivity contribution < 1.29 is 0 Å². The molecule has 116 valence electrons. The fourth-order valence-corrected chi connectivity index (χ4v) is 3.58. The first-order valence-electron chi connectivity index (χ1n) is 8.53. The van der Waals surface area contributed by atoms with E-state index < -0.39 is 0 Å². The third-order valence-corrected chi connectivity index (χ3v) is 4.94. The van der Waals surface area contributed by atoms with E-state index in [-0.39, 0.29) is 0 Å². The monoisotopic (exact) mass is 287 g/mol. The van der Waals surface area contributed by atoms with Crippen LogP contribution < -0.4 is 10.2 Å². The first-order chi connectivity index (χ1) is 10.1. The number of rotatable bonds is 5. The second kappa shape index (κ2) is 5.96. The smallest absolute Gasteiger partial charge is 0.133 e. The summed E-state index contributed by atoms with van der Waals surface area (Å²) < 4.78 is 0. The molecule has 3 heteroatoms. The van der Waals surface area contributed by atoms with Gasteiger partial charge in [-0.3, -0.25) is 0 Å². The summed E-state index contributed by atoms with van der Waals surface area (Å²) in [5, 5.41) is 3.67. The van der Waals surface area contributed by atoms with Crippen LogP contribution in [0, 0.1) is 19.8 Å². The summed E-state index contributed by atoms with van der Waals surface area (Å²) in [5.41, 5.74) is 3.95. The van der Waals surface area contributed by atoms with Crippen molar-refractivity contribution in [2.24, 2.45) is 5.92 Å². The van der Waals surface area contributed by atoms with Crippen molar-refractivity contribution in [1.29, 1.82) is 0 Å². The van der Waals surface area contributed by atoms with E-state index in [1.165, 1.54) is 42.6 Å². The number of anilines is 1. The van der Waals surface area contributed by atoms with Crippen LogP contribution in [0.2, 0.25) is 0 Å². The maximum absolute atomic E-state index is 4.93. The highest BCUT2D eigenvalue weighted by Crippen LogP contribution is 2.33. The van der Waals surface area contributed by atoms with Crippen molar-refractivity contribution in [2.75, 3.05) is 11.4 Å². The Labute approximate surface area is 129 Å². The van der Waals surface area contributed by atoms with Gasteiger partial charge in [0.1, 0.15) is 5.82 Å². The molecule has 0 aromatic carbocycles. The number of hydrogen-bond donors (Lipinski definition) is 1. The van der Waals surface area contributed by atoms with E-state index in [9.17, 15) is 0 Å². The maximum Gasteiger partial charge on any atom is 0.133 e. The molecule has 0 spiro atoms. The van der Waals surface area contributed by atoms with Gasteiger partial charge >= 0.3 is 0 Å². The van der Waals surface area contributed by atoms with Gasteiger partial charge in [0.15, 0.2) is 0 Å². The third kappa shape index (κ3) is 3.23. The largest absolute Gasteiger partial charge is 0.353 e. The minimum Gasteiger partial charge on any atom is -0.353 e. The van der Waals surface area contributed by atoms with Crippen molar-refractivity contribution in [3.05, 3.63) is 22.9 Å². The number of aromatic nitrogens is 1. The average Bonchev–Trinajstić information content (AvgIpc) is 3.11. The van der Waals surface area contributed by atoms with Gasteiger partial charge < -0.3 is 10.2 Å². The lowest BCUT2D eigenvalue weighted by atomic mass is 10.0. The van der Waals surface area contributed by atoms with Crippen LogP contribution in [0.25, 0.3) is 0 Å². The first kappa shape index (κ1) is 14.8. The molecule has 21 heavy (non-hydrogen) atoms. The maximum atomic E-state index is 4.93. The third-order valence-electron chi connectivity index (χ3n) is 4.94. The molecule has 1 unspecified atom stereocenters. The molecule has 0 bridgehead atoms.